The van der Waals surface area contributed by atoms with E-state index in [2.05, 4.69) is 5.32 Å². The van der Waals surface area contributed by atoms with Crippen molar-refractivity contribution in [2.75, 3.05) is 6.54 Å². The maximum absolute atomic E-state index is 11.2. The van der Waals surface area contributed by atoms with Gasteiger partial charge in [0.2, 0.25) is 0 Å². The van der Waals surface area contributed by atoms with E-state index in [0.717, 1.165) is 32.1 Å². The highest BCUT2D eigenvalue weighted by molar-refractivity contribution is 5.67. The zero-order valence-corrected chi connectivity index (χ0v) is 8.79. The second-order valence-corrected chi connectivity index (χ2v) is 3.87. The normalized spacial score (nSPS) is 27.0. The third-order valence-corrected chi connectivity index (χ3v) is 2.51. The number of amides is 1. The highest BCUT2D eigenvalue weighted by atomic mass is 16.6. The molecule has 0 aliphatic heterocycles. The maximum atomic E-state index is 11.2. The first-order chi connectivity index (χ1) is 6.72. The van der Waals surface area contributed by atoms with Crippen molar-refractivity contribution in [2.45, 2.75) is 51.2 Å². The molecule has 4 heteroatoms. The van der Waals surface area contributed by atoms with Crippen molar-refractivity contribution in [3.63, 3.8) is 0 Å². The van der Waals surface area contributed by atoms with Gasteiger partial charge in [-0.2, -0.15) is 0 Å². The second kappa shape index (κ2) is 5.86. The first kappa shape index (κ1) is 11.3. The van der Waals surface area contributed by atoms with E-state index in [-0.39, 0.29) is 12.2 Å². The molecule has 0 aromatic heterocycles. The number of nitrogens with one attached hydrogen (secondary N) is 1. The molecule has 4 nitrogen and oxygen atoms in total. The molecule has 1 rings (SSSR count). The van der Waals surface area contributed by atoms with Crippen LogP contribution in [0, 0.1) is 0 Å². The maximum Gasteiger partial charge on any atom is 0.407 e. The van der Waals surface area contributed by atoms with Crippen molar-refractivity contribution in [1.29, 1.82) is 0 Å². The Bertz CT molecular complexity index is 177. The van der Waals surface area contributed by atoms with Crippen LogP contribution in [0.2, 0.25) is 0 Å². The highest BCUT2D eigenvalue weighted by Crippen LogP contribution is 2.19. The summed E-state index contributed by atoms with van der Waals surface area (Å²) in [5.41, 5.74) is 5.75. The number of carbonyl (C=O) groups excluding carboxylic acids is 1. The third-order valence-electron chi connectivity index (χ3n) is 2.51. The Hall–Kier alpha value is -0.770. The lowest BCUT2D eigenvalue weighted by molar-refractivity contribution is 0.0719. The van der Waals surface area contributed by atoms with Crippen LogP contribution >= 0.6 is 0 Å². The molecular weight excluding hydrogens is 180 g/mol. The molecule has 3 N–H and O–H groups in total. The monoisotopic (exact) mass is 200 g/mol. The molecule has 0 aromatic carbocycles. The molecule has 0 spiro atoms. The summed E-state index contributed by atoms with van der Waals surface area (Å²) in [4.78, 5) is 11.2. The Morgan fingerprint density at radius 2 is 2.07 bits per heavy atom. The van der Waals surface area contributed by atoms with Crippen LogP contribution in [0.25, 0.3) is 0 Å². The molecule has 0 heterocycles. The number of carbonyl (C=O) groups is 1. The van der Waals surface area contributed by atoms with E-state index in [1.165, 1.54) is 0 Å². The van der Waals surface area contributed by atoms with Crippen LogP contribution in [0.1, 0.15) is 39.0 Å². The smallest absolute Gasteiger partial charge is 0.407 e. The van der Waals surface area contributed by atoms with Crippen LogP contribution < -0.4 is 11.1 Å². The standard InChI is InChI=1S/C10H20N2O2/c1-2-7-12-10(13)14-9-5-3-8(11)4-6-9/h8-9H,2-7,11H2,1H3,(H,12,13). The van der Waals surface area contributed by atoms with Crippen molar-refractivity contribution in [1.82, 2.24) is 5.32 Å². The summed E-state index contributed by atoms with van der Waals surface area (Å²) in [6.45, 7) is 2.70. The number of rotatable bonds is 3. The van der Waals surface area contributed by atoms with Gasteiger partial charge in [-0.3, -0.25) is 0 Å². The van der Waals surface area contributed by atoms with Crippen molar-refractivity contribution in [2.24, 2.45) is 5.73 Å². The Balaban J connectivity index is 2.14. The molecule has 0 saturated heterocycles. The Morgan fingerprint density at radius 1 is 1.43 bits per heavy atom. The minimum atomic E-state index is -0.285. The topological polar surface area (TPSA) is 64.3 Å². The van der Waals surface area contributed by atoms with Gasteiger partial charge in [-0.05, 0) is 32.1 Å². The van der Waals surface area contributed by atoms with E-state index < -0.39 is 0 Å². The van der Waals surface area contributed by atoms with Crippen LogP contribution in [0.15, 0.2) is 0 Å². The minimum absolute atomic E-state index is 0.0756. The fraction of sp³-hybridized carbons (Fsp3) is 0.900. The van der Waals surface area contributed by atoms with Gasteiger partial charge in [0.15, 0.2) is 0 Å². The first-order valence-corrected chi connectivity index (χ1v) is 5.42. The van der Waals surface area contributed by atoms with Gasteiger partial charge < -0.3 is 15.8 Å². The van der Waals surface area contributed by atoms with Crippen molar-refractivity contribution >= 4 is 6.09 Å². The zero-order chi connectivity index (χ0) is 10.4. The highest BCUT2D eigenvalue weighted by Gasteiger charge is 2.21. The van der Waals surface area contributed by atoms with E-state index in [1.54, 1.807) is 0 Å². The van der Waals surface area contributed by atoms with Crippen molar-refractivity contribution in [3.8, 4) is 0 Å². The molecule has 1 fully saturated rings. The number of hydrogen-bond donors (Lipinski definition) is 2. The zero-order valence-electron chi connectivity index (χ0n) is 8.79. The average molecular weight is 200 g/mol. The fourth-order valence-electron chi connectivity index (χ4n) is 1.63. The largest absolute Gasteiger partial charge is 0.446 e. The molecule has 0 bridgehead atoms. The summed E-state index contributed by atoms with van der Waals surface area (Å²) in [5.74, 6) is 0. The lowest BCUT2D eigenvalue weighted by Gasteiger charge is -2.25. The fourth-order valence-corrected chi connectivity index (χ4v) is 1.63. The first-order valence-electron chi connectivity index (χ1n) is 5.42. The Labute approximate surface area is 85.2 Å². The summed E-state index contributed by atoms with van der Waals surface area (Å²) in [7, 11) is 0. The summed E-state index contributed by atoms with van der Waals surface area (Å²) >= 11 is 0. The average Bonchev–Trinajstić information content (AvgIpc) is 2.18. The predicted octanol–water partition coefficient (Wildman–Crippen LogP) is 1.39. The molecule has 0 aromatic rings. The van der Waals surface area contributed by atoms with Crippen molar-refractivity contribution in [3.05, 3.63) is 0 Å². The predicted molar refractivity (Wildman–Crippen MR) is 55.0 cm³/mol. The number of nitrogens with two attached hydrogens (primary N) is 1. The molecule has 0 unspecified atom stereocenters. The molecule has 1 amide bonds. The van der Waals surface area contributed by atoms with E-state index >= 15 is 0 Å². The van der Waals surface area contributed by atoms with Crippen molar-refractivity contribution < 1.29 is 9.53 Å². The summed E-state index contributed by atoms with van der Waals surface area (Å²) in [6.07, 6.45) is 4.46. The Morgan fingerprint density at radius 3 is 2.64 bits per heavy atom. The molecule has 1 aliphatic carbocycles. The van der Waals surface area contributed by atoms with Gasteiger partial charge in [0.1, 0.15) is 6.10 Å². The lowest BCUT2D eigenvalue weighted by atomic mass is 9.94. The molecule has 82 valence electrons. The van der Waals surface area contributed by atoms with Crippen LogP contribution in [0.3, 0.4) is 0 Å². The van der Waals surface area contributed by atoms with E-state index in [9.17, 15) is 4.79 Å². The SMILES string of the molecule is CCCNC(=O)OC1CCC(N)CC1. The summed E-state index contributed by atoms with van der Waals surface area (Å²) < 4.78 is 5.24. The van der Waals surface area contributed by atoms with E-state index in [0.29, 0.717) is 12.6 Å². The molecule has 1 saturated carbocycles. The number of hydrogen-bond acceptors (Lipinski definition) is 3. The van der Waals surface area contributed by atoms with Gasteiger partial charge in [-0.25, -0.2) is 4.79 Å². The number of alkyl carbamates (subject to hydrolysis) is 1. The summed E-state index contributed by atoms with van der Waals surface area (Å²) in [6, 6.07) is 0.300. The third kappa shape index (κ3) is 3.96. The van der Waals surface area contributed by atoms with Gasteiger partial charge >= 0.3 is 6.09 Å². The summed E-state index contributed by atoms with van der Waals surface area (Å²) in [5, 5.41) is 2.70. The number of ether oxygens (including phenoxy) is 1. The minimum Gasteiger partial charge on any atom is -0.446 e. The molecule has 0 radical (unpaired) electrons. The lowest BCUT2D eigenvalue weighted by Crippen LogP contribution is -2.34. The van der Waals surface area contributed by atoms with Gasteiger partial charge in [-0.1, -0.05) is 6.92 Å². The van der Waals surface area contributed by atoms with Crippen LogP contribution in [-0.4, -0.2) is 24.8 Å². The molecule has 14 heavy (non-hydrogen) atoms. The molecule has 1 aliphatic rings. The quantitative estimate of drug-likeness (QED) is 0.723. The van der Waals surface area contributed by atoms with Crippen LogP contribution in [-0.2, 0) is 4.74 Å². The Kier molecular flexibility index (Phi) is 4.73. The van der Waals surface area contributed by atoms with Crippen LogP contribution in [0.5, 0.6) is 0 Å². The van der Waals surface area contributed by atoms with Crippen LogP contribution in [0.4, 0.5) is 4.79 Å². The van der Waals surface area contributed by atoms with Gasteiger partial charge in [0.25, 0.3) is 0 Å². The van der Waals surface area contributed by atoms with Gasteiger partial charge in [-0.15, -0.1) is 0 Å². The van der Waals surface area contributed by atoms with Gasteiger partial charge in [0.05, 0.1) is 0 Å². The van der Waals surface area contributed by atoms with Gasteiger partial charge in [0, 0.05) is 12.6 Å². The molecular formula is C10H20N2O2. The second-order valence-electron chi connectivity index (χ2n) is 3.87. The van der Waals surface area contributed by atoms with E-state index in [4.69, 9.17) is 10.5 Å². The van der Waals surface area contributed by atoms with E-state index in [1.807, 2.05) is 6.92 Å². The molecule has 0 atom stereocenters.